The SMILES string of the molecule is C1=C[C@H]2/C=C/CCCCC/C=C\CCN3CCCN(C[C@H]2[C@@H]2CCCC[C@@H]12)C3. The summed E-state index contributed by atoms with van der Waals surface area (Å²) in [6.07, 6.45) is 30.2. The molecule has 6 atom stereocenters. The number of hydrogen-bond acceptors (Lipinski definition) is 2. The molecule has 4 aliphatic rings. The molecule has 0 aromatic carbocycles. The molecule has 0 radical (unpaired) electrons. The first-order valence-electron chi connectivity index (χ1n) is 12.3. The first-order valence-corrected chi connectivity index (χ1v) is 12.3. The van der Waals surface area contributed by atoms with Crippen LogP contribution in [0, 0.1) is 23.7 Å². The molecule has 4 rings (SSSR count). The predicted octanol–water partition coefficient (Wildman–Crippen LogP) is 6.03. The van der Waals surface area contributed by atoms with Crippen LogP contribution in [0.15, 0.2) is 36.5 Å². The van der Waals surface area contributed by atoms with Crippen molar-refractivity contribution >= 4 is 0 Å². The fourth-order valence-corrected chi connectivity index (χ4v) is 6.14. The maximum Gasteiger partial charge on any atom is 0.0506 e. The smallest absolute Gasteiger partial charge is 0.0506 e. The van der Waals surface area contributed by atoms with Crippen LogP contribution >= 0.6 is 0 Å². The van der Waals surface area contributed by atoms with Crippen molar-refractivity contribution in [3.8, 4) is 0 Å². The Bertz CT molecular complexity index is 549. The first-order chi connectivity index (χ1) is 13.9. The van der Waals surface area contributed by atoms with E-state index in [-0.39, 0.29) is 0 Å². The van der Waals surface area contributed by atoms with E-state index in [1.807, 2.05) is 0 Å². The second-order valence-corrected chi connectivity index (χ2v) is 9.75. The zero-order valence-corrected chi connectivity index (χ0v) is 18.0. The van der Waals surface area contributed by atoms with Crippen molar-refractivity contribution in [1.82, 2.24) is 9.80 Å². The molecule has 1 saturated carbocycles. The van der Waals surface area contributed by atoms with E-state index in [1.165, 1.54) is 103 Å². The second-order valence-electron chi connectivity index (χ2n) is 9.75. The van der Waals surface area contributed by atoms with E-state index in [1.54, 1.807) is 0 Å². The summed E-state index contributed by atoms with van der Waals surface area (Å²) in [5, 5.41) is 0. The van der Waals surface area contributed by atoms with Crippen LogP contribution in [0.2, 0.25) is 0 Å². The maximum atomic E-state index is 2.79. The number of allylic oxidation sites excluding steroid dienone is 5. The van der Waals surface area contributed by atoms with Gasteiger partial charge in [-0.15, -0.1) is 0 Å². The molecule has 156 valence electrons. The lowest BCUT2D eigenvalue weighted by Gasteiger charge is -2.45. The average Bonchev–Trinajstić information content (AvgIpc) is 2.73. The van der Waals surface area contributed by atoms with Gasteiger partial charge in [0.05, 0.1) is 6.67 Å². The topological polar surface area (TPSA) is 6.48 Å². The summed E-state index contributed by atoms with van der Waals surface area (Å²) in [5.41, 5.74) is 0. The van der Waals surface area contributed by atoms with Crippen molar-refractivity contribution in [2.75, 3.05) is 32.8 Å². The molecule has 2 aliphatic heterocycles. The molecular weight excluding hydrogens is 340 g/mol. The number of fused-ring (bicyclic) bond motifs is 5. The standard InChI is InChI=1S/C26H42N2/c1-2-4-6-8-13-24-17-16-23-14-9-10-15-25(23)26(24)21-28-20-12-19-27(22-28)18-11-7-5-3-1/h5,7-8,13,16-17,23-26H,1-4,6,9-12,14-15,18-22H2/b7-5-,13-8+/t23-,24+,25+,26+/m0/s1. The van der Waals surface area contributed by atoms with Crippen molar-refractivity contribution in [2.24, 2.45) is 23.7 Å². The highest BCUT2D eigenvalue weighted by Crippen LogP contribution is 2.44. The van der Waals surface area contributed by atoms with Crippen molar-refractivity contribution in [3.05, 3.63) is 36.5 Å². The molecule has 2 unspecified atom stereocenters. The zero-order chi connectivity index (χ0) is 19.0. The molecule has 1 saturated heterocycles. The van der Waals surface area contributed by atoms with Gasteiger partial charge in [-0.25, -0.2) is 0 Å². The third-order valence-corrected chi connectivity index (χ3v) is 7.70. The fraction of sp³-hybridized carbons (Fsp3) is 0.769. The van der Waals surface area contributed by atoms with Crippen molar-refractivity contribution < 1.29 is 0 Å². The van der Waals surface area contributed by atoms with Gasteiger partial charge < -0.3 is 0 Å². The van der Waals surface area contributed by atoms with Crippen LogP contribution < -0.4 is 0 Å². The van der Waals surface area contributed by atoms with Crippen LogP contribution in [0.5, 0.6) is 0 Å². The van der Waals surface area contributed by atoms with Crippen LogP contribution in [-0.4, -0.2) is 42.6 Å². The molecule has 2 heteroatoms. The Kier molecular flexibility index (Phi) is 7.86. The Hall–Kier alpha value is -0.860. The van der Waals surface area contributed by atoms with E-state index in [4.69, 9.17) is 0 Å². The largest absolute Gasteiger partial charge is 0.290 e. The molecule has 0 aromatic heterocycles. The van der Waals surface area contributed by atoms with Gasteiger partial charge in [-0.05, 0) is 75.0 Å². The molecule has 2 heterocycles. The zero-order valence-electron chi connectivity index (χ0n) is 18.0. The molecule has 0 N–H and O–H groups in total. The lowest BCUT2D eigenvalue weighted by Crippen LogP contribution is -2.49. The third kappa shape index (κ3) is 5.60. The number of rotatable bonds is 0. The van der Waals surface area contributed by atoms with E-state index >= 15 is 0 Å². The highest BCUT2D eigenvalue weighted by molar-refractivity contribution is 5.13. The van der Waals surface area contributed by atoms with Gasteiger partial charge in [0.2, 0.25) is 0 Å². The van der Waals surface area contributed by atoms with Gasteiger partial charge in [-0.2, -0.15) is 0 Å². The minimum absolute atomic E-state index is 0.673. The molecule has 2 bridgehead atoms. The molecule has 2 aliphatic carbocycles. The van der Waals surface area contributed by atoms with Gasteiger partial charge in [0.15, 0.2) is 0 Å². The van der Waals surface area contributed by atoms with E-state index in [0.717, 1.165) is 17.8 Å². The second kappa shape index (κ2) is 10.8. The van der Waals surface area contributed by atoms with E-state index in [9.17, 15) is 0 Å². The van der Waals surface area contributed by atoms with Crippen LogP contribution in [0.25, 0.3) is 0 Å². The molecule has 28 heavy (non-hydrogen) atoms. The first kappa shape index (κ1) is 20.4. The van der Waals surface area contributed by atoms with Crippen molar-refractivity contribution in [2.45, 2.75) is 70.6 Å². The van der Waals surface area contributed by atoms with Gasteiger partial charge in [-0.1, -0.05) is 55.7 Å². The summed E-state index contributed by atoms with van der Waals surface area (Å²) in [4.78, 5) is 5.50. The summed E-state index contributed by atoms with van der Waals surface area (Å²) >= 11 is 0. The molecule has 2 fully saturated rings. The Morgan fingerprint density at radius 3 is 2.36 bits per heavy atom. The quantitative estimate of drug-likeness (QED) is 0.472. The van der Waals surface area contributed by atoms with Gasteiger partial charge in [0.25, 0.3) is 0 Å². The van der Waals surface area contributed by atoms with Gasteiger partial charge in [0, 0.05) is 26.2 Å². The van der Waals surface area contributed by atoms with Gasteiger partial charge in [-0.3, -0.25) is 9.80 Å². The molecule has 2 nitrogen and oxygen atoms in total. The normalized spacial score (nSPS) is 42.6. The summed E-state index contributed by atoms with van der Waals surface area (Å²) in [5.74, 6) is 3.30. The van der Waals surface area contributed by atoms with E-state index in [0.29, 0.717) is 5.92 Å². The van der Waals surface area contributed by atoms with E-state index < -0.39 is 0 Å². The molecule has 0 spiro atoms. The van der Waals surface area contributed by atoms with Crippen molar-refractivity contribution in [3.63, 3.8) is 0 Å². The highest BCUT2D eigenvalue weighted by atomic mass is 15.3. The predicted molar refractivity (Wildman–Crippen MR) is 120 cm³/mol. The van der Waals surface area contributed by atoms with Gasteiger partial charge in [0.1, 0.15) is 0 Å². The Morgan fingerprint density at radius 1 is 0.571 bits per heavy atom. The Morgan fingerprint density at radius 2 is 1.39 bits per heavy atom. The van der Waals surface area contributed by atoms with Crippen LogP contribution in [0.1, 0.15) is 70.6 Å². The molecule has 0 aromatic rings. The van der Waals surface area contributed by atoms with Crippen LogP contribution in [0.4, 0.5) is 0 Å². The Labute approximate surface area is 173 Å². The minimum Gasteiger partial charge on any atom is -0.290 e. The number of nitrogens with zero attached hydrogens (tertiary/aromatic N) is 2. The maximum absolute atomic E-state index is 2.79. The van der Waals surface area contributed by atoms with E-state index in [2.05, 4.69) is 46.3 Å². The monoisotopic (exact) mass is 382 g/mol. The summed E-state index contributed by atoms with van der Waals surface area (Å²) in [6.45, 7) is 6.35. The fourth-order valence-electron chi connectivity index (χ4n) is 6.14. The summed E-state index contributed by atoms with van der Waals surface area (Å²) in [6, 6.07) is 0. The van der Waals surface area contributed by atoms with Crippen molar-refractivity contribution in [1.29, 1.82) is 0 Å². The highest BCUT2D eigenvalue weighted by Gasteiger charge is 2.37. The minimum atomic E-state index is 0.673. The Balaban J connectivity index is 1.48. The average molecular weight is 383 g/mol. The number of hydrogen-bond donors (Lipinski definition) is 0. The van der Waals surface area contributed by atoms with Gasteiger partial charge >= 0.3 is 0 Å². The lowest BCUT2D eigenvalue weighted by atomic mass is 9.64. The third-order valence-electron chi connectivity index (χ3n) is 7.70. The van der Waals surface area contributed by atoms with Crippen LogP contribution in [0.3, 0.4) is 0 Å². The summed E-state index contributed by atoms with van der Waals surface area (Å²) in [7, 11) is 0. The van der Waals surface area contributed by atoms with Crippen LogP contribution in [-0.2, 0) is 0 Å². The lowest BCUT2D eigenvalue weighted by molar-refractivity contribution is 0.0433. The summed E-state index contributed by atoms with van der Waals surface area (Å²) < 4.78 is 0. The molecular formula is C26H42N2. The molecule has 0 amide bonds.